The molecule has 0 aliphatic rings. The topological polar surface area (TPSA) is 38.7 Å². The van der Waals surface area contributed by atoms with Crippen LogP contribution in [0.25, 0.3) is 67.2 Å². The Morgan fingerprint density at radius 2 is 0.829 bits per heavy atom. The predicted octanol–water partition coefficient (Wildman–Crippen LogP) is 7.89. The average Bonchev–Trinajstić information content (AvgIpc) is 3.05. The molecule has 0 radical (unpaired) electrons. The van der Waals surface area contributed by atoms with Gasteiger partial charge in [-0.15, -0.1) is 0 Å². The van der Waals surface area contributed by atoms with Gasteiger partial charge in [-0.05, 0) is 0 Å². The molecule has 0 amide bonds. The van der Waals surface area contributed by atoms with Crippen LogP contribution in [0.5, 0.6) is 0 Å². The van der Waals surface area contributed by atoms with Crippen LogP contribution in [0, 0.1) is 0 Å². The SMILES string of the molecule is [SeH]c1c(-c2cccc(-c3cccc4ccccc34)c2)cccc1-c1nc(-c2ccccc2)nc(-c2ccccc2)n1. The van der Waals surface area contributed by atoms with Crippen molar-refractivity contribution in [2.75, 3.05) is 0 Å². The normalized spacial score (nSPS) is 11.0. The Morgan fingerprint density at radius 3 is 1.54 bits per heavy atom. The Bertz CT molecular complexity index is 1940. The summed E-state index contributed by atoms with van der Waals surface area (Å²) in [5.41, 5.74) is 7.58. The number of benzene rings is 6. The average molecular weight is 591 g/mol. The molecule has 0 unspecified atom stereocenters. The molecule has 6 aromatic carbocycles. The van der Waals surface area contributed by atoms with Gasteiger partial charge in [0, 0.05) is 0 Å². The van der Waals surface area contributed by atoms with Crippen LogP contribution in [0.1, 0.15) is 0 Å². The van der Waals surface area contributed by atoms with Crippen LogP contribution in [0.4, 0.5) is 0 Å². The van der Waals surface area contributed by atoms with Crippen molar-refractivity contribution < 1.29 is 0 Å². The van der Waals surface area contributed by atoms with Crippen molar-refractivity contribution >= 4 is 31.2 Å². The molecule has 3 nitrogen and oxygen atoms in total. The van der Waals surface area contributed by atoms with Crippen LogP contribution in [0.3, 0.4) is 0 Å². The maximum absolute atomic E-state index is 4.96. The maximum atomic E-state index is 4.96. The van der Waals surface area contributed by atoms with Gasteiger partial charge in [0.05, 0.1) is 0 Å². The molecule has 1 heterocycles. The van der Waals surface area contributed by atoms with E-state index in [1.807, 2.05) is 60.7 Å². The summed E-state index contributed by atoms with van der Waals surface area (Å²) in [6.07, 6.45) is 0. The van der Waals surface area contributed by atoms with Crippen molar-refractivity contribution in [1.82, 2.24) is 15.0 Å². The molecule has 7 aromatic rings. The van der Waals surface area contributed by atoms with Crippen LogP contribution < -0.4 is 4.46 Å². The number of hydrogen-bond acceptors (Lipinski definition) is 3. The van der Waals surface area contributed by atoms with Crippen molar-refractivity contribution in [2.45, 2.75) is 0 Å². The van der Waals surface area contributed by atoms with Gasteiger partial charge in [-0.3, -0.25) is 0 Å². The summed E-state index contributed by atoms with van der Waals surface area (Å²) >= 11 is 2.75. The third-order valence-electron chi connectivity index (χ3n) is 7.25. The second kappa shape index (κ2) is 10.9. The van der Waals surface area contributed by atoms with Crippen LogP contribution in [-0.4, -0.2) is 31.0 Å². The number of rotatable bonds is 5. The van der Waals surface area contributed by atoms with E-state index >= 15 is 0 Å². The molecule has 0 saturated carbocycles. The van der Waals surface area contributed by atoms with E-state index < -0.39 is 0 Å². The van der Waals surface area contributed by atoms with E-state index in [9.17, 15) is 0 Å². The first-order valence-electron chi connectivity index (χ1n) is 13.5. The molecule has 41 heavy (non-hydrogen) atoms. The van der Waals surface area contributed by atoms with Crippen molar-refractivity contribution in [3.8, 4) is 56.4 Å². The summed E-state index contributed by atoms with van der Waals surface area (Å²) in [6, 6.07) is 50.3. The summed E-state index contributed by atoms with van der Waals surface area (Å²) in [5.74, 6) is 1.97. The van der Waals surface area contributed by atoms with Crippen molar-refractivity contribution in [1.29, 1.82) is 0 Å². The Hall–Kier alpha value is -4.89. The molecule has 1 aromatic heterocycles. The van der Waals surface area contributed by atoms with Crippen LogP contribution in [0.15, 0.2) is 146 Å². The first kappa shape index (κ1) is 25.1. The van der Waals surface area contributed by atoms with Gasteiger partial charge in [0.25, 0.3) is 0 Å². The van der Waals surface area contributed by atoms with Gasteiger partial charge in [0.1, 0.15) is 0 Å². The molecule has 0 spiro atoms. The molecule has 0 aliphatic heterocycles. The van der Waals surface area contributed by atoms with Gasteiger partial charge in [-0.25, -0.2) is 0 Å². The van der Waals surface area contributed by atoms with E-state index in [4.69, 9.17) is 15.0 Å². The monoisotopic (exact) mass is 591 g/mol. The van der Waals surface area contributed by atoms with Crippen molar-refractivity contribution in [3.63, 3.8) is 0 Å². The Kier molecular flexibility index (Phi) is 6.70. The standard InChI is InChI=1S/C37H25N3Se/c41-34-32(29-19-9-18-28(24-29)31-21-10-17-25-12-7-8-20-30(25)31)22-11-23-33(34)37-39-35(26-13-3-1-4-14-26)38-36(40-37)27-15-5-2-6-16-27/h1-24,41H. The number of nitrogens with zero attached hydrogens (tertiary/aromatic N) is 3. The first-order valence-corrected chi connectivity index (χ1v) is 14.5. The zero-order valence-electron chi connectivity index (χ0n) is 22.1. The molecule has 4 heteroatoms. The zero-order chi connectivity index (χ0) is 27.6. The Morgan fingerprint density at radius 1 is 0.366 bits per heavy atom. The van der Waals surface area contributed by atoms with Gasteiger partial charge in [-0.1, -0.05) is 0 Å². The molecule has 0 aliphatic carbocycles. The molecule has 0 fully saturated rings. The Labute approximate surface area is 247 Å². The molecular formula is C37H25N3Se. The van der Waals surface area contributed by atoms with E-state index in [-0.39, 0.29) is 0 Å². The third-order valence-corrected chi connectivity index (χ3v) is 8.26. The second-order valence-corrected chi connectivity index (χ2v) is 10.8. The molecule has 0 atom stereocenters. The predicted molar refractivity (Wildman–Crippen MR) is 171 cm³/mol. The van der Waals surface area contributed by atoms with Crippen molar-refractivity contribution in [3.05, 3.63) is 146 Å². The molecule has 0 N–H and O–H groups in total. The van der Waals surface area contributed by atoms with Gasteiger partial charge in [0.2, 0.25) is 0 Å². The van der Waals surface area contributed by atoms with E-state index in [2.05, 4.69) is 101 Å². The van der Waals surface area contributed by atoms with Crippen LogP contribution >= 0.6 is 0 Å². The molecule has 0 bridgehead atoms. The third kappa shape index (κ3) is 4.96. The minimum absolute atomic E-state index is 0.653. The van der Waals surface area contributed by atoms with Gasteiger partial charge >= 0.3 is 248 Å². The molecule has 0 saturated heterocycles. The van der Waals surface area contributed by atoms with E-state index in [0.717, 1.165) is 32.3 Å². The van der Waals surface area contributed by atoms with Crippen LogP contribution in [-0.2, 0) is 0 Å². The van der Waals surface area contributed by atoms with Gasteiger partial charge in [0.15, 0.2) is 0 Å². The Balaban J connectivity index is 1.36. The van der Waals surface area contributed by atoms with Crippen molar-refractivity contribution in [2.24, 2.45) is 0 Å². The fourth-order valence-corrected chi connectivity index (χ4v) is 6.01. The van der Waals surface area contributed by atoms with Crippen LogP contribution in [0.2, 0.25) is 0 Å². The molecular weight excluding hydrogens is 565 g/mol. The second-order valence-electron chi connectivity index (χ2n) is 9.85. The summed E-state index contributed by atoms with van der Waals surface area (Å²) in [4.78, 5) is 14.8. The first-order chi connectivity index (χ1) is 20.2. The fourth-order valence-electron chi connectivity index (χ4n) is 5.22. The van der Waals surface area contributed by atoms with E-state index in [1.165, 1.54) is 21.9 Å². The van der Waals surface area contributed by atoms with E-state index in [1.54, 1.807) is 0 Å². The summed E-state index contributed by atoms with van der Waals surface area (Å²) < 4.78 is 1.07. The van der Waals surface area contributed by atoms with Gasteiger partial charge in [-0.2, -0.15) is 0 Å². The number of hydrogen-bond donors (Lipinski definition) is 0. The molecule has 7 rings (SSSR count). The van der Waals surface area contributed by atoms with Gasteiger partial charge < -0.3 is 0 Å². The summed E-state index contributed by atoms with van der Waals surface area (Å²) in [5, 5.41) is 2.49. The fraction of sp³-hybridized carbons (Fsp3) is 0. The summed E-state index contributed by atoms with van der Waals surface area (Å²) in [6.45, 7) is 0. The summed E-state index contributed by atoms with van der Waals surface area (Å²) in [7, 11) is 0. The number of aromatic nitrogens is 3. The quantitative estimate of drug-likeness (QED) is 0.192. The zero-order valence-corrected chi connectivity index (χ0v) is 24.0. The molecule has 194 valence electrons. The number of fused-ring (bicyclic) bond motifs is 1. The minimum atomic E-state index is 0.653. The van der Waals surface area contributed by atoms with E-state index in [0.29, 0.717) is 17.5 Å².